The van der Waals surface area contributed by atoms with E-state index in [1.165, 1.54) is 6.20 Å². The number of nitrogens with zero attached hydrogens (tertiary/aromatic N) is 5. The number of aromatic nitrogens is 2. The minimum atomic E-state index is -4.86. The van der Waals surface area contributed by atoms with Crippen LogP contribution in [-0.2, 0) is 34.1 Å². The van der Waals surface area contributed by atoms with Gasteiger partial charge in [0.25, 0.3) is 0 Å². The topological polar surface area (TPSA) is 122 Å². The summed E-state index contributed by atoms with van der Waals surface area (Å²) >= 11 is 0. The largest absolute Gasteiger partial charge is 1.00 e. The van der Waals surface area contributed by atoms with Crippen molar-refractivity contribution in [1.82, 2.24) is 18.8 Å². The van der Waals surface area contributed by atoms with Gasteiger partial charge in [0.2, 0.25) is 10.0 Å². The minimum absolute atomic E-state index is 0. The molecule has 9 nitrogen and oxygen atoms in total. The maximum Gasteiger partial charge on any atom is 1.00 e. The van der Waals surface area contributed by atoms with Crippen LogP contribution < -0.4 is 34.7 Å². The van der Waals surface area contributed by atoms with E-state index >= 15 is 0 Å². The molecule has 0 radical (unpaired) electrons. The number of hydrogen-bond acceptors (Lipinski definition) is 7. The Morgan fingerprint density at radius 1 is 1.08 bits per heavy atom. The van der Waals surface area contributed by atoms with Gasteiger partial charge >= 0.3 is 35.7 Å². The van der Waals surface area contributed by atoms with Gasteiger partial charge in [0.05, 0.1) is 28.5 Å². The first kappa shape index (κ1) is 29.8. The van der Waals surface area contributed by atoms with E-state index in [1.54, 1.807) is 12.4 Å². The first-order valence-corrected chi connectivity index (χ1v) is 12.5. The third kappa shape index (κ3) is 6.82. The molecule has 2 aromatic heterocycles. The average Bonchev–Trinajstić information content (AvgIpc) is 3.26. The van der Waals surface area contributed by atoms with Crippen LogP contribution in [0.15, 0.2) is 60.0 Å². The number of hydrogen-bond donors (Lipinski definition) is 0. The van der Waals surface area contributed by atoms with E-state index in [2.05, 4.69) is 4.98 Å². The number of piperazine rings is 1. The molecule has 0 atom stereocenters. The Morgan fingerprint density at radius 2 is 1.74 bits per heavy atom. The summed E-state index contributed by atoms with van der Waals surface area (Å²) < 4.78 is 70.2. The number of carbonyl (C=O) groups is 1. The summed E-state index contributed by atoms with van der Waals surface area (Å²) in [5, 5.41) is 20.4. The second-order valence-electron chi connectivity index (χ2n) is 8.52. The van der Waals surface area contributed by atoms with E-state index in [0.29, 0.717) is 25.7 Å². The van der Waals surface area contributed by atoms with Gasteiger partial charge in [0.15, 0.2) is 0 Å². The fraction of sp³-hybridized carbons (Fsp3) is 0.292. The molecule has 3 heterocycles. The van der Waals surface area contributed by atoms with E-state index in [-0.39, 0.29) is 59.3 Å². The summed E-state index contributed by atoms with van der Waals surface area (Å²) in [6.45, 7) is 0.914. The van der Waals surface area contributed by atoms with Crippen molar-refractivity contribution < 1.29 is 61.0 Å². The number of carboxylic acids is 1. The molecule has 0 unspecified atom stereocenters. The molecule has 0 saturated carbocycles. The molecule has 3 aromatic rings. The molecule has 4 rings (SSSR count). The minimum Gasteiger partial charge on any atom is -0.548 e. The van der Waals surface area contributed by atoms with Gasteiger partial charge in [-0.25, -0.2) is 8.42 Å². The first-order chi connectivity index (χ1) is 17.5. The molecule has 0 bridgehead atoms. The number of alkyl halides is 3. The maximum atomic E-state index is 13.7. The number of pyridine rings is 1. The van der Waals surface area contributed by atoms with Crippen molar-refractivity contribution >= 4 is 16.0 Å². The Bertz CT molecular complexity index is 1450. The summed E-state index contributed by atoms with van der Waals surface area (Å²) in [6.07, 6.45) is 0.793. The maximum absolute atomic E-state index is 13.7. The van der Waals surface area contributed by atoms with Crippen LogP contribution in [0.25, 0.3) is 11.1 Å². The van der Waals surface area contributed by atoms with Crippen LogP contribution in [0.5, 0.6) is 0 Å². The zero-order chi connectivity index (χ0) is 26.8. The normalized spacial score (nSPS) is 15.0. The smallest absolute Gasteiger partial charge is 0.548 e. The zero-order valence-electron chi connectivity index (χ0n) is 20.3. The van der Waals surface area contributed by atoms with Crippen molar-refractivity contribution in [2.45, 2.75) is 24.2 Å². The van der Waals surface area contributed by atoms with E-state index in [1.807, 2.05) is 23.1 Å². The van der Waals surface area contributed by atoms with E-state index in [4.69, 9.17) is 0 Å². The standard InChI is InChI=1S/C24H22F3N5O4S.Na/c25-24(26,27)20-9-18(22-15-31(16-23(33)34)14-19(22)12-28)10-21(11-20)37(35,36)32-7-5-30(6-8-32)13-17-1-3-29-4-2-17;/h1-4,9-11,14-15H,5-8,13,16H2,(H,33,34);/q;+1/p-1. The number of nitriles is 1. The van der Waals surface area contributed by atoms with Crippen LogP contribution in [0.1, 0.15) is 16.7 Å². The number of carbonyl (C=O) groups excluding carboxylic acids is 1. The number of benzene rings is 1. The van der Waals surface area contributed by atoms with Crippen molar-refractivity contribution in [3.8, 4) is 17.2 Å². The van der Waals surface area contributed by atoms with E-state index in [9.17, 15) is 36.8 Å². The van der Waals surface area contributed by atoms with E-state index in [0.717, 1.165) is 32.8 Å². The van der Waals surface area contributed by atoms with Crippen LogP contribution >= 0.6 is 0 Å². The number of aliphatic carboxylic acids is 1. The fourth-order valence-electron chi connectivity index (χ4n) is 4.16. The van der Waals surface area contributed by atoms with Gasteiger partial charge in [0, 0.05) is 63.1 Å². The Kier molecular flexibility index (Phi) is 9.40. The summed E-state index contributed by atoms with van der Waals surface area (Å²) in [7, 11) is -4.30. The molecule has 194 valence electrons. The Hall–Kier alpha value is -2.73. The Morgan fingerprint density at radius 3 is 2.32 bits per heavy atom. The molecule has 1 aliphatic heterocycles. The fourth-order valence-corrected chi connectivity index (χ4v) is 5.65. The molecule has 0 amide bonds. The Balaban J connectivity index is 0.00000400. The van der Waals surface area contributed by atoms with Gasteiger partial charge in [-0.1, -0.05) is 0 Å². The van der Waals surface area contributed by atoms with Gasteiger partial charge in [-0.2, -0.15) is 22.7 Å². The van der Waals surface area contributed by atoms with Crippen LogP contribution in [-0.4, -0.2) is 59.3 Å². The third-order valence-electron chi connectivity index (χ3n) is 5.98. The molecule has 0 aliphatic carbocycles. The Labute approximate surface area is 239 Å². The monoisotopic (exact) mass is 555 g/mol. The number of carboxylic acid groups (broad SMARTS) is 1. The number of sulfonamides is 1. The second kappa shape index (κ2) is 12.0. The number of halogens is 3. The molecule has 38 heavy (non-hydrogen) atoms. The summed E-state index contributed by atoms with van der Waals surface area (Å²) in [5.74, 6) is -1.46. The summed E-state index contributed by atoms with van der Waals surface area (Å²) in [6, 6.07) is 7.90. The summed E-state index contributed by atoms with van der Waals surface area (Å²) in [4.78, 5) is 16.4. The molecule has 1 aromatic carbocycles. The van der Waals surface area contributed by atoms with Gasteiger partial charge < -0.3 is 14.5 Å². The molecule has 14 heteroatoms. The van der Waals surface area contributed by atoms with Crippen LogP contribution in [0.4, 0.5) is 13.2 Å². The molecule has 0 N–H and O–H groups in total. The predicted octanol–water partition coefficient (Wildman–Crippen LogP) is -1.30. The van der Waals surface area contributed by atoms with Crippen LogP contribution in [0.2, 0.25) is 0 Å². The molecular formula is C24H21F3N5NaO4S. The summed E-state index contributed by atoms with van der Waals surface area (Å²) in [5.41, 5.74) is -0.482. The molecular weight excluding hydrogens is 534 g/mol. The van der Waals surface area contributed by atoms with Gasteiger partial charge in [0.1, 0.15) is 6.07 Å². The van der Waals surface area contributed by atoms with E-state index < -0.39 is 39.2 Å². The molecule has 1 aliphatic rings. The van der Waals surface area contributed by atoms with Gasteiger partial charge in [-0.3, -0.25) is 9.88 Å². The van der Waals surface area contributed by atoms with Crippen molar-refractivity contribution in [1.29, 1.82) is 5.26 Å². The molecule has 0 spiro atoms. The van der Waals surface area contributed by atoms with Gasteiger partial charge in [-0.05, 0) is 41.5 Å². The number of rotatable bonds is 7. The third-order valence-corrected chi connectivity index (χ3v) is 7.86. The molecule has 1 saturated heterocycles. The SMILES string of the molecule is N#Cc1cn(CC(=O)[O-])cc1-c1cc(C(F)(F)F)cc(S(=O)(=O)N2CCN(Cc3ccncc3)CC2)c1.[Na+]. The van der Waals surface area contributed by atoms with Crippen molar-refractivity contribution in [2.75, 3.05) is 26.2 Å². The molecule has 1 fully saturated rings. The zero-order valence-corrected chi connectivity index (χ0v) is 23.2. The van der Waals surface area contributed by atoms with Crippen LogP contribution in [0.3, 0.4) is 0 Å². The second-order valence-corrected chi connectivity index (χ2v) is 10.5. The average molecular weight is 556 g/mol. The van der Waals surface area contributed by atoms with Crippen LogP contribution in [0, 0.1) is 11.3 Å². The van der Waals surface area contributed by atoms with Gasteiger partial charge in [-0.15, -0.1) is 0 Å². The van der Waals surface area contributed by atoms with Crippen molar-refractivity contribution in [3.05, 3.63) is 71.8 Å². The quantitative estimate of drug-likeness (QED) is 0.332. The van der Waals surface area contributed by atoms with Crippen molar-refractivity contribution in [3.63, 3.8) is 0 Å². The predicted molar refractivity (Wildman–Crippen MR) is 123 cm³/mol. The van der Waals surface area contributed by atoms with Crippen molar-refractivity contribution in [2.24, 2.45) is 0 Å². The first-order valence-electron chi connectivity index (χ1n) is 11.1.